The minimum atomic E-state index is -3.52. The van der Waals surface area contributed by atoms with Gasteiger partial charge in [0.15, 0.2) is 0 Å². The van der Waals surface area contributed by atoms with Gasteiger partial charge in [-0.05, 0) is 18.6 Å². The van der Waals surface area contributed by atoms with Crippen molar-refractivity contribution in [3.05, 3.63) is 34.9 Å². The Labute approximate surface area is 118 Å². The number of hydrogen-bond acceptors (Lipinski definition) is 3. The first kappa shape index (κ1) is 15.4. The molecule has 1 aromatic rings. The van der Waals surface area contributed by atoms with Crippen LogP contribution in [-0.2, 0) is 10.0 Å². The SMILES string of the molecule is CC(c1ccccc1Cl)N(C)S(=O)(=O)CC(N)=S. The van der Waals surface area contributed by atoms with Gasteiger partial charge in [-0.1, -0.05) is 42.0 Å². The van der Waals surface area contributed by atoms with Gasteiger partial charge in [0, 0.05) is 18.1 Å². The highest BCUT2D eigenvalue weighted by atomic mass is 35.5. The van der Waals surface area contributed by atoms with E-state index < -0.39 is 10.0 Å². The van der Waals surface area contributed by atoms with Crippen molar-refractivity contribution in [2.45, 2.75) is 13.0 Å². The molecule has 0 aliphatic carbocycles. The van der Waals surface area contributed by atoms with Crippen molar-refractivity contribution >= 4 is 38.8 Å². The van der Waals surface area contributed by atoms with Crippen molar-refractivity contribution in [1.29, 1.82) is 0 Å². The zero-order valence-electron chi connectivity index (χ0n) is 10.1. The molecule has 1 aromatic carbocycles. The molecule has 2 N–H and O–H groups in total. The zero-order chi connectivity index (χ0) is 13.9. The third kappa shape index (κ3) is 3.65. The Morgan fingerprint density at radius 1 is 1.50 bits per heavy atom. The van der Waals surface area contributed by atoms with Crippen LogP contribution < -0.4 is 5.73 Å². The van der Waals surface area contributed by atoms with Gasteiger partial charge in [0.05, 0.1) is 4.99 Å². The van der Waals surface area contributed by atoms with Gasteiger partial charge in [0.1, 0.15) is 5.75 Å². The van der Waals surface area contributed by atoms with Crippen molar-refractivity contribution in [1.82, 2.24) is 4.31 Å². The second-order valence-electron chi connectivity index (χ2n) is 3.94. The summed E-state index contributed by atoms with van der Waals surface area (Å²) in [5, 5.41) is 0.530. The third-order valence-corrected chi connectivity index (χ3v) is 5.21. The van der Waals surface area contributed by atoms with Gasteiger partial charge in [-0.15, -0.1) is 0 Å². The third-order valence-electron chi connectivity index (χ3n) is 2.66. The van der Waals surface area contributed by atoms with Crippen molar-refractivity contribution in [2.24, 2.45) is 5.73 Å². The second kappa shape index (κ2) is 5.97. The lowest BCUT2D eigenvalue weighted by atomic mass is 10.1. The fourth-order valence-electron chi connectivity index (χ4n) is 1.53. The lowest BCUT2D eigenvalue weighted by Gasteiger charge is -2.25. The number of benzene rings is 1. The summed E-state index contributed by atoms with van der Waals surface area (Å²) in [5.74, 6) is -0.340. The minimum absolute atomic E-state index is 0.0480. The summed E-state index contributed by atoms with van der Waals surface area (Å²) in [5.41, 5.74) is 6.03. The Bertz CT molecular complexity index is 546. The molecule has 4 nitrogen and oxygen atoms in total. The number of nitrogens with two attached hydrogens (primary N) is 1. The zero-order valence-corrected chi connectivity index (χ0v) is 12.5. The van der Waals surface area contributed by atoms with Crippen molar-refractivity contribution in [3.63, 3.8) is 0 Å². The second-order valence-corrected chi connectivity index (χ2v) is 6.90. The number of halogens is 1. The Hall–Kier alpha value is -0.690. The van der Waals surface area contributed by atoms with Gasteiger partial charge < -0.3 is 5.73 Å². The number of thiocarbonyl (C=S) groups is 1. The van der Waals surface area contributed by atoms with Crippen molar-refractivity contribution in [3.8, 4) is 0 Å². The maximum Gasteiger partial charge on any atom is 0.220 e. The molecule has 0 heterocycles. The molecule has 1 atom stereocenters. The van der Waals surface area contributed by atoms with Crippen LogP contribution in [0.1, 0.15) is 18.5 Å². The smallest absolute Gasteiger partial charge is 0.220 e. The van der Waals surface area contributed by atoms with E-state index in [4.69, 9.17) is 17.3 Å². The molecule has 18 heavy (non-hydrogen) atoms. The lowest BCUT2D eigenvalue weighted by molar-refractivity contribution is 0.401. The molecule has 0 aliphatic rings. The van der Waals surface area contributed by atoms with Crippen LogP contribution in [0.3, 0.4) is 0 Å². The van der Waals surface area contributed by atoms with E-state index >= 15 is 0 Å². The average molecular weight is 307 g/mol. The van der Waals surface area contributed by atoms with Crippen LogP contribution in [0.2, 0.25) is 5.02 Å². The number of nitrogens with zero attached hydrogens (tertiary/aromatic N) is 1. The van der Waals surface area contributed by atoms with Crippen LogP contribution in [0.5, 0.6) is 0 Å². The molecular weight excluding hydrogens is 292 g/mol. The summed E-state index contributed by atoms with van der Waals surface area (Å²) < 4.78 is 25.2. The maximum absolute atomic E-state index is 12.0. The van der Waals surface area contributed by atoms with Crippen LogP contribution in [0, 0.1) is 0 Å². The van der Waals surface area contributed by atoms with Crippen molar-refractivity contribution in [2.75, 3.05) is 12.8 Å². The highest BCUT2D eigenvalue weighted by Crippen LogP contribution is 2.27. The standard InChI is InChI=1S/C11H15ClN2O2S2/c1-8(9-5-3-4-6-10(9)12)14(2)18(15,16)7-11(13)17/h3-6,8H,7H2,1-2H3,(H2,13,17). The molecule has 100 valence electrons. The Balaban J connectivity index is 3.01. The van der Waals surface area contributed by atoms with Gasteiger partial charge in [-0.25, -0.2) is 8.42 Å². The molecule has 0 saturated carbocycles. The summed E-state index contributed by atoms with van der Waals surface area (Å²) >= 11 is 10.7. The number of hydrogen-bond donors (Lipinski definition) is 1. The highest BCUT2D eigenvalue weighted by Gasteiger charge is 2.25. The quantitative estimate of drug-likeness (QED) is 0.845. The Morgan fingerprint density at radius 3 is 2.56 bits per heavy atom. The van der Waals surface area contributed by atoms with E-state index in [9.17, 15) is 8.42 Å². The fraction of sp³-hybridized carbons (Fsp3) is 0.364. The van der Waals surface area contributed by atoms with E-state index in [1.165, 1.54) is 11.4 Å². The monoisotopic (exact) mass is 306 g/mol. The molecule has 0 fully saturated rings. The molecular formula is C11H15ClN2O2S2. The van der Waals surface area contributed by atoms with E-state index in [2.05, 4.69) is 12.2 Å². The largest absolute Gasteiger partial charge is 0.392 e. The van der Waals surface area contributed by atoms with Gasteiger partial charge in [-0.3, -0.25) is 0 Å². The number of sulfonamides is 1. The van der Waals surface area contributed by atoms with Gasteiger partial charge >= 0.3 is 0 Å². The van der Waals surface area contributed by atoms with E-state index in [1.54, 1.807) is 25.1 Å². The first-order valence-corrected chi connectivity index (χ1v) is 7.63. The molecule has 7 heteroatoms. The molecule has 0 spiro atoms. The van der Waals surface area contributed by atoms with Crippen LogP contribution in [0.15, 0.2) is 24.3 Å². The Kier molecular flexibility index (Phi) is 5.10. The van der Waals surface area contributed by atoms with E-state index in [1.807, 2.05) is 6.07 Å². The summed E-state index contributed by atoms with van der Waals surface area (Å²) in [6.07, 6.45) is 0. The topological polar surface area (TPSA) is 63.4 Å². The molecule has 0 aliphatic heterocycles. The predicted molar refractivity (Wildman–Crippen MR) is 78.2 cm³/mol. The summed E-state index contributed by atoms with van der Waals surface area (Å²) in [6, 6.07) is 6.74. The van der Waals surface area contributed by atoms with Gasteiger partial charge in [0.25, 0.3) is 0 Å². The molecule has 0 aromatic heterocycles. The van der Waals surface area contributed by atoms with E-state index in [0.717, 1.165) is 5.56 Å². The minimum Gasteiger partial charge on any atom is -0.392 e. The van der Waals surface area contributed by atoms with E-state index in [-0.39, 0.29) is 16.8 Å². The van der Waals surface area contributed by atoms with Crippen LogP contribution in [-0.4, -0.2) is 30.5 Å². The summed E-state index contributed by atoms with van der Waals surface area (Å²) in [6.45, 7) is 1.76. The van der Waals surface area contributed by atoms with Gasteiger partial charge in [-0.2, -0.15) is 4.31 Å². The van der Waals surface area contributed by atoms with Crippen LogP contribution >= 0.6 is 23.8 Å². The molecule has 1 unspecified atom stereocenters. The molecule has 0 amide bonds. The number of rotatable bonds is 5. The molecule has 0 saturated heterocycles. The normalized spacial score (nSPS) is 13.6. The molecule has 1 rings (SSSR count). The van der Waals surface area contributed by atoms with E-state index in [0.29, 0.717) is 5.02 Å². The average Bonchev–Trinajstić information content (AvgIpc) is 2.26. The van der Waals surface area contributed by atoms with Gasteiger partial charge in [0.2, 0.25) is 10.0 Å². The van der Waals surface area contributed by atoms with Crippen LogP contribution in [0.4, 0.5) is 0 Å². The first-order valence-electron chi connectivity index (χ1n) is 5.24. The lowest BCUT2D eigenvalue weighted by Crippen LogP contribution is -2.35. The van der Waals surface area contributed by atoms with Crippen LogP contribution in [0.25, 0.3) is 0 Å². The predicted octanol–water partition coefficient (Wildman–Crippen LogP) is 1.95. The Morgan fingerprint density at radius 2 is 2.06 bits per heavy atom. The molecule has 0 radical (unpaired) electrons. The fourth-order valence-corrected chi connectivity index (χ4v) is 3.43. The first-order chi connectivity index (χ1) is 8.25. The van der Waals surface area contributed by atoms with Crippen molar-refractivity contribution < 1.29 is 8.42 Å². The molecule has 0 bridgehead atoms. The summed E-state index contributed by atoms with van der Waals surface area (Å²) in [4.78, 5) is -0.0480. The maximum atomic E-state index is 12.0. The summed E-state index contributed by atoms with van der Waals surface area (Å²) in [7, 11) is -2.03. The highest BCUT2D eigenvalue weighted by molar-refractivity contribution is 7.92.